The molecule has 96 valence electrons. The second-order valence-electron chi connectivity index (χ2n) is 4.71. The molecule has 1 N–H and O–H groups in total. The molecule has 1 atom stereocenters. The fourth-order valence-corrected chi connectivity index (χ4v) is 3.06. The van der Waals surface area contributed by atoms with Gasteiger partial charge < -0.3 is 5.32 Å². The van der Waals surface area contributed by atoms with Gasteiger partial charge in [-0.3, -0.25) is 0 Å². The number of rotatable bonds is 4. The lowest BCUT2D eigenvalue weighted by Gasteiger charge is -2.20. The number of aromatic nitrogens is 1. The molecule has 2 nitrogen and oxygen atoms in total. The van der Waals surface area contributed by atoms with E-state index >= 15 is 0 Å². The molecular formula is C15H20N2S. The summed E-state index contributed by atoms with van der Waals surface area (Å²) >= 11 is 1.72. The predicted octanol–water partition coefficient (Wildman–Crippen LogP) is 3.57. The average molecular weight is 260 g/mol. The molecule has 0 radical (unpaired) electrons. The molecule has 0 spiro atoms. The Morgan fingerprint density at radius 3 is 2.39 bits per heavy atom. The van der Waals surface area contributed by atoms with Crippen molar-refractivity contribution in [1.82, 2.24) is 10.3 Å². The second kappa shape index (κ2) is 5.63. The first-order valence-corrected chi connectivity index (χ1v) is 7.14. The van der Waals surface area contributed by atoms with Crippen LogP contribution in [-0.4, -0.2) is 12.0 Å². The number of nitrogens with zero attached hydrogens (tertiary/aromatic N) is 1. The van der Waals surface area contributed by atoms with E-state index in [4.69, 9.17) is 0 Å². The van der Waals surface area contributed by atoms with E-state index in [0.717, 1.165) is 11.4 Å². The van der Waals surface area contributed by atoms with Crippen molar-refractivity contribution in [3.05, 3.63) is 51.0 Å². The zero-order chi connectivity index (χ0) is 13.1. The standard InChI is InChI=1S/C15H20N2S/c1-10-6-5-7-11(2)15(10)14(16-4)8-13-9-18-12(3)17-13/h5-7,9,14,16H,8H2,1-4H3. The van der Waals surface area contributed by atoms with Gasteiger partial charge in [0, 0.05) is 17.8 Å². The highest BCUT2D eigenvalue weighted by molar-refractivity contribution is 7.09. The molecule has 2 rings (SSSR count). The highest BCUT2D eigenvalue weighted by Crippen LogP contribution is 2.25. The van der Waals surface area contributed by atoms with Crippen molar-refractivity contribution in [2.75, 3.05) is 7.05 Å². The molecule has 1 aromatic carbocycles. The number of nitrogens with one attached hydrogen (secondary N) is 1. The Balaban J connectivity index is 2.28. The van der Waals surface area contributed by atoms with Crippen molar-refractivity contribution in [1.29, 1.82) is 0 Å². The summed E-state index contributed by atoms with van der Waals surface area (Å²) in [7, 11) is 2.02. The van der Waals surface area contributed by atoms with E-state index in [0.29, 0.717) is 6.04 Å². The summed E-state index contributed by atoms with van der Waals surface area (Å²) in [4.78, 5) is 4.56. The summed E-state index contributed by atoms with van der Waals surface area (Å²) < 4.78 is 0. The molecule has 0 fully saturated rings. The molecular weight excluding hydrogens is 240 g/mol. The molecule has 18 heavy (non-hydrogen) atoms. The Hall–Kier alpha value is -1.19. The van der Waals surface area contributed by atoms with Crippen molar-refractivity contribution in [3.63, 3.8) is 0 Å². The fourth-order valence-electron chi connectivity index (χ4n) is 2.44. The predicted molar refractivity (Wildman–Crippen MR) is 78.3 cm³/mol. The first-order valence-electron chi connectivity index (χ1n) is 6.26. The van der Waals surface area contributed by atoms with Crippen molar-refractivity contribution in [3.8, 4) is 0 Å². The van der Waals surface area contributed by atoms with Crippen LogP contribution in [0.15, 0.2) is 23.6 Å². The number of likely N-dealkylation sites (N-methyl/N-ethyl adjacent to an activating group) is 1. The first kappa shape index (κ1) is 13.2. The van der Waals surface area contributed by atoms with Gasteiger partial charge in [-0.1, -0.05) is 18.2 Å². The summed E-state index contributed by atoms with van der Waals surface area (Å²) in [6.45, 7) is 6.42. The lowest BCUT2D eigenvalue weighted by Crippen LogP contribution is -2.21. The maximum Gasteiger partial charge on any atom is 0.0897 e. The topological polar surface area (TPSA) is 24.9 Å². The van der Waals surface area contributed by atoms with Gasteiger partial charge in [0.25, 0.3) is 0 Å². The maximum atomic E-state index is 4.56. The first-order chi connectivity index (χ1) is 8.61. The summed E-state index contributed by atoms with van der Waals surface area (Å²) in [5.41, 5.74) is 5.28. The SMILES string of the molecule is CNC(Cc1csc(C)n1)c1c(C)cccc1C. The molecule has 1 aromatic heterocycles. The zero-order valence-corrected chi connectivity index (χ0v) is 12.3. The number of aryl methyl sites for hydroxylation is 3. The molecule has 0 amide bonds. The normalized spacial score (nSPS) is 12.7. The lowest BCUT2D eigenvalue weighted by atomic mass is 9.93. The quantitative estimate of drug-likeness (QED) is 0.909. The van der Waals surface area contributed by atoms with Gasteiger partial charge in [0.1, 0.15) is 0 Å². The number of benzene rings is 1. The fraction of sp³-hybridized carbons (Fsp3) is 0.400. The summed E-state index contributed by atoms with van der Waals surface area (Å²) in [5, 5.41) is 6.72. The summed E-state index contributed by atoms with van der Waals surface area (Å²) in [5.74, 6) is 0. The number of thiazole rings is 1. The molecule has 2 aromatic rings. The lowest BCUT2D eigenvalue weighted by molar-refractivity contribution is 0.579. The highest BCUT2D eigenvalue weighted by atomic mass is 32.1. The van der Waals surface area contributed by atoms with E-state index in [-0.39, 0.29) is 0 Å². The van der Waals surface area contributed by atoms with Crippen LogP contribution in [0.5, 0.6) is 0 Å². The Bertz CT molecular complexity index is 511. The van der Waals surface area contributed by atoms with E-state index in [1.54, 1.807) is 11.3 Å². The van der Waals surface area contributed by atoms with E-state index < -0.39 is 0 Å². The van der Waals surface area contributed by atoms with Crippen molar-refractivity contribution in [2.45, 2.75) is 33.2 Å². The molecule has 1 heterocycles. The third kappa shape index (κ3) is 2.79. The van der Waals surface area contributed by atoms with Crippen LogP contribution in [0.2, 0.25) is 0 Å². The van der Waals surface area contributed by atoms with Gasteiger partial charge in [0.2, 0.25) is 0 Å². The van der Waals surface area contributed by atoms with Crippen molar-refractivity contribution in [2.24, 2.45) is 0 Å². The largest absolute Gasteiger partial charge is 0.313 e. The van der Waals surface area contributed by atoms with Crippen LogP contribution in [0.1, 0.15) is 33.4 Å². The van der Waals surface area contributed by atoms with E-state index in [1.807, 2.05) is 7.05 Å². The van der Waals surface area contributed by atoms with Crippen molar-refractivity contribution >= 4 is 11.3 Å². The molecule has 0 bridgehead atoms. The van der Waals surface area contributed by atoms with Crippen LogP contribution >= 0.6 is 11.3 Å². The Kier molecular flexibility index (Phi) is 4.15. The Morgan fingerprint density at radius 2 is 1.89 bits per heavy atom. The van der Waals surface area contributed by atoms with Crippen LogP contribution in [0.25, 0.3) is 0 Å². The molecule has 0 aliphatic carbocycles. The van der Waals surface area contributed by atoms with Gasteiger partial charge >= 0.3 is 0 Å². The summed E-state index contributed by atoms with van der Waals surface area (Å²) in [6.07, 6.45) is 0.951. The minimum atomic E-state index is 0.340. The van der Waals surface area contributed by atoms with Gasteiger partial charge in [-0.15, -0.1) is 11.3 Å². The second-order valence-corrected chi connectivity index (χ2v) is 5.77. The molecule has 0 aliphatic rings. The van der Waals surface area contributed by atoms with Gasteiger partial charge in [-0.25, -0.2) is 4.98 Å². The van der Waals surface area contributed by atoms with Crippen LogP contribution in [-0.2, 0) is 6.42 Å². The monoisotopic (exact) mass is 260 g/mol. The number of hydrogen-bond acceptors (Lipinski definition) is 3. The maximum absolute atomic E-state index is 4.56. The minimum absolute atomic E-state index is 0.340. The van der Waals surface area contributed by atoms with Crippen molar-refractivity contribution < 1.29 is 0 Å². The average Bonchev–Trinajstić information content (AvgIpc) is 2.73. The molecule has 0 saturated carbocycles. The van der Waals surface area contributed by atoms with Gasteiger partial charge in [-0.05, 0) is 44.5 Å². The highest BCUT2D eigenvalue weighted by Gasteiger charge is 2.15. The smallest absolute Gasteiger partial charge is 0.0897 e. The molecule has 0 aliphatic heterocycles. The number of hydrogen-bond donors (Lipinski definition) is 1. The third-order valence-corrected chi connectivity index (χ3v) is 4.14. The van der Waals surface area contributed by atoms with Crippen LogP contribution in [0.3, 0.4) is 0 Å². The van der Waals surface area contributed by atoms with Gasteiger partial charge in [0.05, 0.1) is 10.7 Å². The zero-order valence-electron chi connectivity index (χ0n) is 11.4. The van der Waals surface area contributed by atoms with E-state index in [2.05, 4.69) is 54.7 Å². The van der Waals surface area contributed by atoms with E-state index in [1.165, 1.54) is 22.4 Å². The molecule has 3 heteroatoms. The van der Waals surface area contributed by atoms with Crippen LogP contribution in [0.4, 0.5) is 0 Å². The third-order valence-electron chi connectivity index (χ3n) is 3.32. The summed E-state index contributed by atoms with van der Waals surface area (Å²) in [6, 6.07) is 6.82. The van der Waals surface area contributed by atoms with Crippen LogP contribution in [0, 0.1) is 20.8 Å². The van der Waals surface area contributed by atoms with Crippen LogP contribution < -0.4 is 5.32 Å². The van der Waals surface area contributed by atoms with E-state index in [9.17, 15) is 0 Å². The molecule has 0 saturated heterocycles. The Labute approximate surface area is 113 Å². The van der Waals surface area contributed by atoms with Gasteiger partial charge in [-0.2, -0.15) is 0 Å². The van der Waals surface area contributed by atoms with Gasteiger partial charge in [0.15, 0.2) is 0 Å². The molecule has 1 unspecified atom stereocenters. The minimum Gasteiger partial charge on any atom is -0.313 e. The Morgan fingerprint density at radius 1 is 1.22 bits per heavy atom.